The van der Waals surface area contributed by atoms with Crippen LogP contribution in [-0.2, 0) is 9.59 Å². The summed E-state index contributed by atoms with van der Waals surface area (Å²) in [6.45, 7) is 7.19. The number of anilines is 1. The predicted molar refractivity (Wildman–Crippen MR) is 84.3 cm³/mol. The maximum atomic E-state index is 12.2. The topological polar surface area (TPSA) is 49.4 Å². The Hall–Kier alpha value is -1.55. The van der Waals surface area contributed by atoms with E-state index in [2.05, 4.69) is 5.32 Å². The molecular weight excluding hydrogens is 288 g/mol. The summed E-state index contributed by atoms with van der Waals surface area (Å²) in [4.78, 5) is 26.1. The maximum Gasteiger partial charge on any atom is 0.228 e. The van der Waals surface area contributed by atoms with Crippen LogP contribution in [0.4, 0.5) is 5.69 Å². The van der Waals surface area contributed by atoms with Crippen LogP contribution < -0.4 is 5.32 Å². The molecule has 114 valence electrons. The minimum Gasteiger partial charge on any atom is -0.343 e. The third-order valence-electron chi connectivity index (χ3n) is 3.96. The summed E-state index contributed by atoms with van der Waals surface area (Å²) in [5, 5.41) is 3.46. The molecule has 0 aliphatic heterocycles. The van der Waals surface area contributed by atoms with Gasteiger partial charge in [-0.1, -0.05) is 17.7 Å². The zero-order valence-corrected chi connectivity index (χ0v) is 13.4. The first-order chi connectivity index (χ1) is 9.97. The number of halogens is 1. The molecule has 1 aliphatic rings. The number of nitrogens with one attached hydrogen (secondary N) is 1. The lowest BCUT2D eigenvalue weighted by atomic mass is 10.2. The Kier molecular flexibility index (Phi) is 4.88. The zero-order chi connectivity index (χ0) is 15.6. The molecule has 2 amide bonds. The number of benzene rings is 1. The minimum atomic E-state index is -0.210. The minimum absolute atomic E-state index is 0.0853. The van der Waals surface area contributed by atoms with Gasteiger partial charge in [-0.3, -0.25) is 9.59 Å². The van der Waals surface area contributed by atoms with Gasteiger partial charge in [0, 0.05) is 23.8 Å². The van der Waals surface area contributed by atoms with Crippen LogP contribution in [0.3, 0.4) is 0 Å². The van der Waals surface area contributed by atoms with Crippen molar-refractivity contribution in [3.05, 3.63) is 28.8 Å². The number of aryl methyl sites for hydroxylation is 1. The van der Waals surface area contributed by atoms with E-state index < -0.39 is 0 Å². The lowest BCUT2D eigenvalue weighted by Gasteiger charge is -2.18. The molecule has 2 atom stereocenters. The number of nitrogens with zero attached hydrogens (tertiary/aromatic N) is 1. The SMILES string of the molecule is CCN(CC)C(=O)C1CC1C(=O)Nc1ccc(C)c(Cl)c1. The van der Waals surface area contributed by atoms with Crippen LogP contribution in [0.25, 0.3) is 0 Å². The van der Waals surface area contributed by atoms with Gasteiger partial charge in [0.1, 0.15) is 0 Å². The van der Waals surface area contributed by atoms with Crippen molar-refractivity contribution in [2.45, 2.75) is 27.2 Å². The highest BCUT2D eigenvalue weighted by Gasteiger charge is 2.49. The smallest absolute Gasteiger partial charge is 0.228 e. The van der Waals surface area contributed by atoms with Gasteiger partial charge in [-0.25, -0.2) is 0 Å². The van der Waals surface area contributed by atoms with Crippen molar-refractivity contribution >= 4 is 29.1 Å². The second kappa shape index (κ2) is 6.48. The lowest BCUT2D eigenvalue weighted by Crippen LogP contribution is -2.33. The Morgan fingerprint density at radius 3 is 2.52 bits per heavy atom. The monoisotopic (exact) mass is 308 g/mol. The summed E-state index contributed by atoms with van der Waals surface area (Å²) in [6, 6.07) is 5.42. The highest BCUT2D eigenvalue weighted by atomic mass is 35.5. The number of hydrogen-bond acceptors (Lipinski definition) is 2. The summed E-state index contributed by atoms with van der Waals surface area (Å²) in [7, 11) is 0. The van der Waals surface area contributed by atoms with Crippen molar-refractivity contribution in [1.82, 2.24) is 4.90 Å². The summed E-state index contributed by atoms with van der Waals surface area (Å²) < 4.78 is 0. The molecule has 0 aromatic heterocycles. The maximum absolute atomic E-state index is 12.2. The average Bonchev–Trinajstić information content (AvgIpc) is 3.24. The number of carbonyl (C=O) groups is 2. The molecule has 1 fully saturated rings. The molecule has 1 aromatic carbocycles. The van der Waals surface area contributed by atoms with Gasteiger partial charge >= 0.3 is 0 Å². The molecule has 2 rings (SSSR count). The van der Waals surface area contributed by atoms with E-state index in [-0.39, 0.29) is 23.7 Å². The molecule has 0 saturated heterocycles. The summed E-state index contributed by atoms with van der Waals surface area (Å²) >= 11 is 6.04. The first kappa shape index (κ1) is 15.8. The van der Waals surface area contributed by atoms with Crippen LogP contribution in [0.1, 0.15) is 25.8 Å². The summed E-state index contributed by atoms with van der Waals surface area (Å²) in [5.74, 6) is -0.383. The molecule has 0 heterocycles. The van der Waals surface area contributed by atoms with Gasteiger partial charge in [0.15, 0.2) is 0 Å². The first-order valence-electron chi connectivity index (χ1n) is 7.33. The van der Waals surface area contributed by atoms with Crippen molar-refractivity contribution in [1.29, 1.82) is 0 Å². The molecule has 1 saturated carbocycles. The summed E-state index contributed by atoms with van der Waals surface area (Å²) in [6.07, 6.45) is 0.640. The Bertz CT molecular complexity index is 555. The third kappa shape index (κ3) is 3.56. The number of amides is 2. The van der Waals surface area contributed by atoms with Gasteiger partial charge in [-0.15, -0.1) is 0 Å². The molecule has 0 bridgehead atoms. The van der Waals surface area contributed by atoms with E-state index in [1.165, 1.54) is 0 Å². The molecule has 1 aliphatic carbocycles. The Morgan fingerprint density at radius 2 is 1.95 bits per heavy atom. The van der Waals surface area contributed by atoms with Crippen LogP contribution in [0.15, 0.2) is 18.2 Å². The molecule has 4 nitrogen and oxygen atoms in total. The normalized spacial score (nSPS) is 20.0. The van der Waals surface area contributed by atoms with Gasteiger partial charge in [0.05, 0.1) is 11.8 Å². The van der Waals surface area contributed by atoms with Crippen LogP contribution in [0, 0.1) is 18.8 Å². The van der Waals surface area contributed by atoms with Gasteiger partial charge in [-0.05, 0) is 44.9 Å². The second-order valence-electron chi connectivity index (χ2n) is 5.41. The van der Waals surface area contributed by atoms with Crippen LogP contribution in [0.5, 0.6) is 0 Å². The van der Waals surface area contributed by atoms with Gasteiger partial charge in [0.2, 0.25) is 11.8 Å². The molecule has 0 spiro atoms. The van der Waals surface area contributed by atoms with E-state index in [0.29, 0.717) is 30.2 Å². The van der Waals surface area contributed by atoms with Gasteiger partial charge < -0.3 is 10.2 Å². The van der Waals surface area contributed by atoms with Gasteiger partial charge in [-0.2, -0.15) is 0 Å². The second-order valence-corrected chi connectivity index (χ2v) is 5.82. The number of carbonyl (C=O) groups excluding carboxylic acids is 2. The number of rotatable bonds is 5. The molecule has 1 aromatic rings. The third-order valence-corrected chi connectivity index (χ3v) is 4.37. The first-order valence-corrected chi connectivity index (χ1v) is 7.71. The molecule has 1 N–H and O–H groups in total. The van der Waals surface area contributed by atoms with Crippen LogP contribution >= 0.6 is 11.6 Å². The highest BCUT2D eigenvalue weighted by molar-refractivity contribution is 6.31. The van der Waals surface area contributed by atoms with E-state index >= 15 is 0 Å². The standard InChI is InChI=1S/C16H21ClN2O2/c1-4-19(5-2)16(21)13-9-12(13)15(20)18-11-7-6-10(3)14(17)8-11/h6-8,12-13H,4-5,9H2,1-3H3,(H,18,20). The van der Waals surface area contributed by atoms with E-state index in [1.54, 1.807) is 11.0 Å². The number of hydrogen-bond donors (Lipinski definition) is 1. The van der Waals surface area contributed by atoms with Crippen molar-refractivity contribution < 1.29 is 9.59 Å². The Balaban J connectivity index is 1.94. The fourth-order valence-corrected chi connectivity index (χ4v) is 2.61. The Labute approximate surface area is 130 Å². The van der Waals surface area contributed by atoms with Crippen molar-refractivity contribution in [3.8, 4) is 0 Å². The largest absolute Gasteiger partial charge is 0.343 e. The fourth-order valence-electron chi connectivity index (χ4n) is 2.43. The van der Waals surface area contributed by atoms with Crippen molar-refractivity contribution in [3.63, 3.8) is 0 Å². The lowest BCUT2D eigenvalue weighted by molar-refractivity contribution is -0.133. The molecule has 0 radical (unpaired) electrons. The summed E-state index contributed by atoms with van der Waals surface area (Å²) in [5.41, 5.74) is 1.65. The predicted octanol–water partition coefficient (Wildman–Crippen LogP) is 3.09. The molecule has 21 heavy (non-hydrogen) atoms. The average molecular weight is 309 g/mol. The van der Waals surface area contributed by atoms with Crippen LogP contribution in [0.2, 0.25) is 5.02 Å². The quantitative estimate of drug-likeness (QED) is 0.908. The van der Waals surface area contributed by atoms with Crippen molar-refractivity contribution in [2.24, 2.45) is 11.8 Å². The van der Waals surface area contributed by atoms with Gasteiger partial charge in [0.25, 0.3) is 0 Å². The molecular formula is C16H21ClN2O2. The molecule has 5 heteroatoms. The van der Waals surface area contributed by atoms with E-state index in [1.807, 2.05) is 32.9 Å². The molecule has 2 unspecified atom stereocenters. The van der Waals surface area contributed by atoms with E-state index in [4.69, 9.17) is 11.6 Å². The highest BCUT2D eigenvalue weighted by Crippen LogP contribution is 2.41. The van der Waals surface area contributed by atoms with Crippen LogP contribution in [-0.4, -0.2) is 29.8 Å². The fraction of sp³-hybridized carbons (Fsp3) is 0.500. The van der Waals surface area contributed by atoms with Crippen molar-refractivity contribution in [2.75, 3.05) is 18.4 Å². The van der Waals surface area contributed by atoms with E-state index in [0.717, 1.165) is 5.56 Å². The van der Waals surface area contributed by atoms with E-state index in [9.17, 15) is 9.59 Å². The Morgan fingerprint density at radius 1 is 1.29 bits per heavy atom. The zero-order valence-electron chi connectivity index (χ0n) is 12.6.